The zero-order valence-corrected chi connectivity index (χ0v) is 13.2. The predicted molar refractivity (Wildman–Crippen MR) is 90.3 cm³/mol. The lowest BCUT2D eigenvalue weighted by Gasteiger charge is -2.09. The third-order valence-electron chi connectivity index (χ3n) is 3.21. The highest BCUT2D eigenvalue weighted by molar-refractivity contribution is 6.03. The summed E-state index contributed by atoms with van der Waals surface area (Å²) in [6.07, 6.45) is 2.82. The zero-order chi connectivity index (χ0) is 17.5. The van der Waals surface area contributed by atoms with Crippen molar-refractivity contribution in [2.24, 2.45) is 0 Å². The topological polar surface area (TPSA) is 90.7 Å². The van der Waals surface area contributed by atoms with E-state index in [9.17, 15) is 14.9 Å². The Bertz CT molecular complexity index is 786. The van der Waals surface area contributed by atoms with Crippen LogP contribution in [0.4, 0.5) is 11.4 Å². The molecule has 0 atom stereocenters. The Morgan fingerprint density at radius 1 is 1.12 bits per heavy atom. The van der Waals surface area contributed by atoms with Crippen LogP contribution in [0.3, 0.4) is 0 Å². The Labute approximate surface area is 138 Å². The molecule has 0 bridgehead atoms. The summed E-state index contributed by atoms with van der Waals surface area (Å²) in [5.74, 6) is 0.544. The molecule has 2 aromatic carbocycles. The van der Waals surface area contributed by atoms with Gasteiger partial charge in [-0.25, -0.2) is 0 Å². The Hall–Kier alpha value is -3.35. The minimum atomic E-state index is -0.551. The summed E-state index contributed by atoms with van der Waals surface area (Å²) in [7, 11) is 3.02. The first-order valence-corrected chi connectivity index (χ1v) is 7.00. The molecule has 7 nitrogen and oxygen atoms in total. The summed E-state index contributed by atoms with van der Waals surface area (Å²) in [6.45, 7) is 0. The quantitative estimate of drug-likeness (QED) is 0.499. The Morgan fingerprint density at radius 3 is 2.54 bits per heavy atom. The first-order chi connectivity index (χ1) is 11.6. The van der Waals surface area contributed by atoms with E-state index >= 15 is 0 Å². The van der Waals surface area contributed by atoms with Crippen molar-refractivity contribution in [2.45, 2.75) is 0 Å². The number of amides is 1. The number of nitro groups is 1. The molecule has 24 heavy (non-hydrogen) atoms. The van der Waals surface area contributed by atoms with Crippen molar-refractivity contribution in [3.8, 4) is 11.5 Å². The average molecular weight is 328 g/mol. The fraction of sp³-hybridized carbons (Fsp3) is 0.118. The minimum absolute atomic E-state index is 0.134. The van der Waals surface area contributed by atoms with E-state index < -0.39 is 10.8 Å². The molecule has 0 aliphatic carbocycles. The standard InChI is InChI=1S/C17H16N2O5/c1-23-15-9-5-6-12(17(15)24-2)10-11-16(20)18-13-7-3-4-8-14(13)19(21)22/h3-11H,1-2H3,(H,18,20)/b11-10+. The van der Waals surface area contributed by atoms with Crippen LogP contribution in [0.25, 0.3) is 6.08 Å². The van der Waals surface area contributed by atoms with E-state index in [-0.39, 0.29) is 11.4 Å². The van der Waals surface area contributed by atoms with Crippen LogP contribution >= 0.6 is 0 Å². The van der Waals surface area contributed by atoms with Crippen LogP contribution in [-0.2, 0) is 4.79 Å². The number of hydrogen-bond donors (Lipinski definition) is 1. The van der Waals surface area contributed by atoms with Gasteiger partial charge in [0.15, 0.2) is 11.5 Å². The monoisotopic (exact) mass is 328 g/mol. The van der Waals surface area contributed by atoms with Crippen LogP contribution in [0.5, 0.6) is 11.5 Å². The highest BCUT2D eigenvalue weighted by Gasteiger charge is 2.13. The average Bonchev–Trinajstić information content (AvgIpc) is 2.59. The summed E-state index contributed by atoms with van der Waals surface area (Å²) in [5.41, 5.74) is 0.613. The normalized spacial score (nSPS) is 10.4. The Kier molecular flexibility index (Phi) is 5.51. The van der Waals surface area contributed by atoms with E-state index in [0.717, 1.165) is 0 Å². The molecule has 2 aromatic rings. The largest absolute Gasteiger partial charge is 0.493 e. The van der Waals surface area contributed by atoms with E-state index in [4.69, 9.17) is 9.47 Å². The SMILES string of the molecule is COc1cccc(/C=C/C(=O)Nc2ccccc2[N+](=O)[O-])c1OC. The molecule has 0 heterocycles. The molecule has 7 heteroatoms. The summed E-state index contributed by atoms with van der Waals surface area (Å²) >= 11 is 0. The van der Waals surface area contributed by atoms with Crippen molar-refractivity contribution in [3.63, 3.8) is 0 Å². The van der Waals surface area contributed by atoms with Gasteiger partial charge in [0.2, 0.25) is 5.91 Å². The molecule has 0 spiro atoms. The predicted octanol–water partition coefficient (Wildman–Crippen LogP) is 3.26. The van der Waals surface area contributed by atoms with Crippen LogP contribution < -0.4 is 14.8 Å². The van der Waals surface area contributed by atoms with Gasteiger partial charge in [0.25, 0.3) is 5.69 Å². The lowest BCUT2D eigenvalue weighted by molar-refractivity contribution is -0.383. The maximum Gasteiger partial charge on any atom is 0.292 e. The Balaban J connectivity index is 2.19. The molecular formula is C17H16N2O5. The van der Waals surface area contributed by atoms with Gasteiger partial charge in [-0.2, -0.15) is 0 Å². The number of carbonyl (C=O) groups is 1. The molecule has 1 N–H and O–H groups in total. The van der Waals surface area contributed by atoms with Gasteiger partial charge in [-0.1, -0.05) is 24.3 Å². The maximum absolute atomic E-state index is 12.0. The van der Waals surface area contributed by atoms with Crippen molar-refractivity contribution in [2.75, 3.05) is 19.5 Å². The maximum atomic E-state index is 12.0. The molecule has 2 rings (SSSR count). The fourth-order valence-corrected chi connectivity index (χ4v) is 2.12. The number of nitrogens with zero attached hydrogens (tertiary/aromatic N) is 1. The molecule has 0 aromatic heterocycles. The van der Waals surface area contributed by atoms with Crippen LogP contribution in [0.2, 0.25) is 0 Å². The lowest BCUT2D eigenvalue weighted by Crippen LogP contribution is -2.09. The highest BCUT2D eigenvalue weighted by Crippen LogP contribution is 2.31. The molecular weight excluding hydrogens is 312 g/mol. The van der Waals surface area contributed by atoms with Gasteiger partial charge >= 0.3 is 0 Å². The smallest absolute Gasteiger partial charge is 0.292 e. The Morgan fingerprint density at radius 2 is 1.88 bits per heavy atom. The number of benzene rings is 2. The van der Waals surface area contributed by atoms with Gasteiger partial charge in [-0.05, 0) is 18.2 Å². The second-order valence-electron chi connectivity index (χ2n) is 4.68. The van der Waals surface area contributed by atoms with Crippen molar-refractivity contribution in [1.29, 1.82) is 0 Å². The summed E-state index contributed by atoms with van der Waals surface area (Å²) in [6, 6.07) is 11.2. The number of para-hydroxylation sites is 3. The zero-order valence-electron chi connectivity index (χ0n) is 13.2. The minimum Gasteiger partial charge on any atom is -0.493 e. The molecule has 0 unspecified atom stereocenters. The highest BCUT2D eigenvalue weighted by atomic mass is 16.6. The van der Waals surface area contributed by atoms with Crippen LogP contribution in [0.15, 0.2) is 48.5 Å². The van der Waals surface area contributed by atoms with Gasteiger partial charge < -0.3 is 14.8 Å². The third-order valence-corrected chi connectivity index (χ3v) is 3.21. The molecule has 0 radical (unpaired) electrons. The second kappa shape index (κ2) is 7.77. The van der Waals surface area contributed by atoms with E-state index in [1.807, 2.05) is 0 Å². The molecule has 0 fully saturated rings. The fourth-order valence-electron chi connectivity index (χ4n) is 2.12. The number of methoxy groups -OCH3 is 2. The van der Waals surface area contributed by atoms with Crippen molar-refractivity contribution < 1.29 is 19.2 Å². The molecule has 0 aliphatic heterocycles. The third kappa shape index (κ3) is 3.89. The van der Waals surface area contributed by atoms with Gasteiger partial charge in [-0.3, -0.25) is 14.9 Å². The van der Waals surface area contributed by atoms with Crippen molar-refractivity contribution >= 4 is 23.4 Å². The summed E-state index contributed by atoms with van der Waals surface area (Å²) < 4.78 is 10.5. The number of rotatable bonds is 6. The first-order valence-electron chi connectivity index (χ1n) is 7.00. The van der Waals surface area contributed by atoms with E-state index in [1.54, 1.807) is 30.3 Å². The van der Waals surface area contributed by atoms with Crippen LogP contribution in [0, 0.1) is 10.1 Å². The number of carbonyl (C=O) groups excluding carboxylic acids is 1. The molecule has 124 valence electrons. The number of nitro benzene ring substituents is 1. The van der Waals surface area contributed by atoms with Crippen molar-refractivity contribution in [1.82, 2.24) is 0 Å². The summed E-state index contributed by atoms with van der Waals surface area (Å²) in [5, 5.41) is 13.4. The molecule has 1 amide bonds. The van der Waals surface area contributed by atoms with Gasteiger partial charge in [-0.15, -0.1) is 0 Å². The number of nitrogens with one attached hydrogen (secondary N) is 1. The second-order valence-corrected chi connectivity index (χ2v) is 4.68. The van der Waals surface area contributed by atoms with Crippen LogP contribution in [0.1, 0.15) is 5.56 Å². The first kappa shape index (κ1) is 17.0. The number of ether oxygens (including phenoxy) is 2. The number of hydrogen-bond acceptors (Lipinski definition) is 5. The lowest BCUT2D eigenvalue weighted by atomic mass is 10.1. The number of anilines is 1. The van der Waals surface area contributed by atoms with E-state index in [0.29, 0.717) is 17.1 Å². The summed E-state index contributed by atoms with van der Waals surface area (Å²) in [4.78, 5) is 22.4. The van der Waals surface area contributed by atoms with Crippen molar-refractivity contribution in [3.05, 3.63) is 64.2 Å². The van der Waals surface area contributed by atoms with E-state index in [1.165, 1.54) is 38.5 Å². The van der Waals surface area contributed by atoms with Gasteiger partial charge in [0.05, 0.1) is 19.1 Å². The van der Waals surface area contributed by atoms with Gasteiger partial charge in [0.1, 0.15) is 5.69 Å². The van der Waals surface area contributed by atoms with Crippen LogP contribution in [-0.4, -0.2) is 25.1 Å². The molecule has 0 saturated carbocycles. The van der Waals surface area contributed by atoms with Gasteiger partial charge in [0, 0.05) is 17.7 Å². The van der Waals surface area contributed by atoms with E-state index in [2.05, 4.69) is 5.32 Å². The molecule has 0 aliphatic rings. The molecule has 0 saturated heterocycles.